The normalized spacial score (nSPS) is 11.9. The number of aromatic nitrogens is 2. The number of hydrogen-bond acceptors (Lipinski definition) is 6. The molecular formula is C18H13FN4O3. The van der Waals surface area contributed by atoms with Crippen LogP contribution in [0.2, 0.25) is 0 Å². The van der Waals surface area contributed by atoms with Gasteiger partial charge in [0.1, 0.15) is 17.3 Å². The Morgan fingerprint density at radius 2 is 1.73 bits per heavy atom. The van der Waals surface area contributed by atoms with Crippen molar-refractivity contribution in [3.63, 3.8) is 0 Å². The highest BCUT2D eigenvalue weighted by Crippen LogP contribution is 2.34. The summed E-state index contributed by atoms with van der Waals surface area (Å²) in [6.45, 7) is 0.167. The highest BCUT2D eigenvalue weighted by Gasteiger charge is 2.15. The second-order valence-corrected chi connectivity index (χ2v) is 5.44. The fourth-order valence-corrected chi connectivity index (χ4v) is 2.36. The van der Waals surface area contributed by atoms with Gasteiger partial charge in [-0.25, -0.2) is 14.4 Å². The highest BCUT2D eigenvalue weighted by atomic mass is 19.1. The zero-order valence-corrected chi connectivity index (χ0v) is 13.4. The Morgan fingerprint density at radius 1 is 0.962 bits per heavy atom. The molecule has 0 bridgehead atoms. The van der Waals surface area contributed by atoms with E-state index in [1.807, 2.05) is 0 Å². The zero-order valence-electron chi connectivity index (χ0n) is 13.4. The Labute approximate surface area is 147 Å². The number of anilines is 3. The molecule has 7 nitrogen and oxygen atoms in total. The van der Waals surface area contributed by atoms with Crippen LogP contribution in [0.1, 0.15) is 10.5 Å². The number of fused-ring (bicyclic) bond motifs is 1. The van der Waals surface area contributed by atoms with Gasteiger partial charge >= 0.3 is 0 Å². The summed E-state index contributed by atoms with van der Waals surface area (Å²) in [6.07, 6.45) is 2.78. The number of rotatable bonds is 4. The first-order valence-corrected chi connectivity index (χ1v) is 7.73. The van der Waals surface area contributed by atoms with Crippen molar-refractivity contribution in [2.24, 2.45) is 0 Å². The molecule has 26 heavy (non-hydrogen) atoms. The van der Waals surface area contributed by atoms with Crippen LogP contribution in [0.15, 0.2) is 54.9 Å². The summed E-state index contributed by atoms with van der Waals surface area (Å²) < 4.78 is 23.4. The van der Waals surface area contributed by atoms with Crippen LogP contribution in [0.3, 0.4) is 0 Å². The average Bonchev–Trinajstić information content (AvgIpc) is 3.12. The van der Waals surface area contributed by atoms with Gasteiger partial charge in [-0.3, -0.25) is 4.79 Å². The minimum Gasteiger partial charge on any atom is -0.454 e. The fourth-order valence-electron chi connectivity index (χ4n) is 2.36. The molecular weight excluding hydrogens is 339 g/mol. The summed E-state index contributed by atoms with van der Waals surface area (Å²) in [5.41, 5.74) is 1.39. The van der Waals surface area contributed by atoms with Gasteiger partial charge in [-0.1, -0.05) is 0 Å². The molecule has 2 N–H and O–H groups in total. The Bertz CT molecular complexity index is 946. The lowest BCUT2D eigenvalue weighted by atomic mass is 10.2. The maximum absolute atomic E-state index is 12.9. The molecule has 0 aliphatic carbocycles. The molecule has 130 valence electrons. The smallest absolute Gasteiger partial charge is 0.275 e. The number of ether oxygens (including phenoxy) is 2. The van der Waals surface area contributed by atoms with Crippen LogP contribution in [0.25, 0.3) is 0 Å². The lowest BCUT2D eigenvalue weighted by Crippen LogP contribution is -2.14. The van der Waals surface area contributed by atoms with Gasteiger partial charge < -0.3 is 20.1 Å². The molecule has 0 saturated heterocycles. The van der Waals surface area contributed by atoms with Gasteiger partial charge in [0.05, 0.1) is 12.4 Å². The molecule has 1 aliphatic heterocycles. The molecule has 4 rings (SSSR count). The first kappa shape index (κ1) is 15.8. The average molecular weight is 352 g/mol. The van der Waals surface area contributed by atoms with E-state index in [1.54, 1.807) is 30.3 Å². The lowest BCUT2D eigenvalue weighted by Gasteiger charge is -2.07. The molecule has 1 aromatic heterocycles. The molecule has 1 amide bonds. The number of nitrogens with one attached hydrogen (secondary N) is 2. The van der Waals surface area contributed by atoms with Crippen molar-refractivity contribution in [2.45, 2.75) is 0 Å². The standard InChI is InChI=1S/C18H13FN4O3/c19-11-1-3-12(4-2-11)22-17-9-20-14(8-21-17)18(24)23-13-5-6-15-16(7-13)26-10-25-15/h1-9H,10H2,(H,21,22)(H,23,24). The molecule has 0 unspecified atom stereocenters. The summed E-state index contributed by atoms with van der Waals surface area (Å²) in [7, 11) is 0. The third-order valence-corrected chi connectivity index (χ3v) is 3.63. The molecule has 2 heterocycles. The Balaban J connectivity index is 1.42. The molecule has 3 aromatic rings. The van der Waals surface area contributed by atoms with Crippen molar-refractivity contribution in [1.82, 2.24) is 9.97 Å². The predicted octanol–water partition coefficient (Wildman–Crippen LogP) is 3.34. The summed E-state index contributed by atoms with van der Waals surface area (Å²) >= 11 is 0. The minimum atomic E-state index is -0.398. The van der Waals surface area contributed by atoms with E-state index in [1.165, 1.54) is 24.5 Å². The van der Waals surface area contributed by atoms with Crippen LogP contribution >= 0.6 is 0 Å². The van der Waals surface area contributed by atoms with E-state index in [-0.39, 0.29) is 18.3 Å². The van der Waals surface area contributed by atoms with Gasteiger partial charge in [-0.15, -0.1) is 0 Å². The van der Waals surface area contributed by atoms with E-state index in [9.17, 15) is 9.18 Å². The Kier molecular flexibility index (Phi) is 4.06. The second-order valence-electron chi connectivity index (χ2n) is 5.44. The second kappa shape index (κ2) is 6.67. The third-order valence-electron chi connectivity index (χ3n) is 3.63. The van der Waals surface area contributed by atoms with E-state index < -0.39 is 5.91 Å². The first-order valence-electron chi connectivity index (χ1n) is 7.73. The Morgan fingerprint density at radius 3 is 2.50 bits per heavy atom. The largest absolute Gasteiger partial charge is 0.454 e. The van der Waals surface area contributed by atoms with E-state index >= 15 is 0 Å². The van der Waals surface area contributed by atoms with Crippen LogP contribution in [-0.4, -0.2) is 22.7 Å². The maximum Gasteiger partial charge on any atom is 0.275 e. The fraction of sp³-hybridized carbons (Fsp3) is 0.0556. The van der Waals surface area contributed by atoms with Crippen LogP contribution in [-0.2, 0) is 0 Å². The molecule has 0 atom stereocenters. The molecule has 2 aromatic carbocycles. The van der Waals surface area contributed by atoms with Crippen molar-refractivity contribution in [3.05, 3.63) is 66.4 Å². The Hall–Kier alpha value is -3.68. The molecule has 0 fully saturated rings. The van der Waals surface area contributed by atoms with Crippen molar-refractivity contribution >= 4 is 23.1 Å². The SMILES string of the molecule is O=C(Nc1ccc2c(c1)OCO2)c1cnc(Nc2ccc(F)cc2)cn1. The van der Waals surface area contributed by atoms with Gasteiger partial charge in [-0.2, -0.15) is 0 Å². The van der Waals surface area contributed by atoms with Gasteiger partial charge in [0.15, 0.2) is 11.5 Å². The quantitative estimate of drug-likeness (QED) is 0.749. The summed E-state index contributed by atoms with van der Waals surface area (Å²) in [4.78, 5) is 20.5. The molecule has 1 aliphatic rings. The van der Waals surface area contributed by atoms with Crippen molar-refractivity contribution in [3.8, 4) is 11.5 Å². The summed E-state index contributed by atoms with van der Waals surface area (Å²) in [5.74, 6) is 0.935. The minimum absolute atomic E-state index is 0.160. The van der Waals surface area contributed by atoms with Gasteiger partial charge in [-0.05, 0) is 36.4 Å². The van der Waals surface area contributed by atoms with Gasteiger partial charge in [0.2, 0.25) is 6.79 Å². The van der Waals surface area contributed by atoms with E-state index in [0.29, 0.717) is 28.7 Å². The third kappa shape index (κ3) is 3.39. The summed E-state index contributed by atoms with van der Waals surface area (Å²) in [6, 6.07) is 10.9. The number of halogens is 1. The van der Waals surface area contributed by atoms with Gasteiger partial charge in [0, 0.05) is 17.4 Å². The van der Waals surface area contributed by atoms with Crippen LogP contribution in [0.4, 0.5) is 21.6 Å². The van der Waals surface area contributed by atoms with Crippen molar-refractivity contribution < 1.29 is 18.7 Å². The maximum atomic E-state index is 12.9. The molecule has 0 spiro atoms. The number of amides is 1. The molecule has 8 heteroatoms. The van der Waals surface area contributed by atoms with Crippen molar-refractivity contribution in [2.75, 3.05) is 17.4 Å². The van der Waals surface area contributed by atoms with E-state index in [4.69, 9.17) is 9.47 Å². The number of hydrogen-bond donors (Lipinski definition) is 2. The lowest BCUT2D eigenvalue weighted by molar-refractivity contribution is 0.102. The predicted molar refractivity (Wildman–Crippen MR) is 92.2 cm³/mol. The molecule has 0 saturated carbocycles. The van der Waals surface area contributed by atoms with Crippen molar-refractivity contribution in [1.29, 1.82) is 0 Å². The molecule has 0 radical (unpaired) electrons. The van der Waals surface area contributed by atoms with Crippen LogP contribution in [0.5, 0.6) is 11.5 Å². The first-order chi connectivity index (χ1) is 12.7. The highest BCUT2D eigenvalue weighted by molar-refractivity contribution is 6.02. The van der Waals surface area contributed by atoms with Crippen LogP contribution in [0, 0.1) is 5.82 Å². The number of nitrogens with zero attached hydrogens (tertiary/aromatic N) is 2. The number of benzene rings is 2. The topological polar surface area (TPSA) is 85.4 Å². The summed E-state index contributed by atoms with van der Waals surface area (Å²) in [5, 5.41) is 5.70. The number of carbonyl (C=O) groups is 1. The van der Waals surface area contributed by atoms with E-state index in [2.05, 4.69) is 20.6 Å². The zero-order chi connectivity index (χ0) is 17.9. The van der Waals surface area contributed by atoms with Crippen LogP contribution < -0.4 is 20.1 Å². The van der Waals surface area contributed by atoms with E-state index in [0.717, 1.165) is 0 Å². The van der Waals surface area contributed by atoms with Gasteiger partial charge in [0.25, 0.3) is 5.91 Å². The monoisotopic (exact) mass is 352 g/mol. The number of carbonyl (C=O) groups excluding carboxylic acids is 1.